The van der Waals surface area contributed by atoms with Gasteiger partial charge in [0.2, 0.25) is 11.8 Å². The number of nitrogens with one attached hydrogen (secondary N) is 1. The van der Waals surface area contributed by atoms with Gasteiger partial charge in [-0.25, -0.2) is 12.7 Å². The summed E-state index contributed by atoms with van der Waals surface area (Å²) in [5.41, 5.74) is 0.591. The van der Waals surface area contributed by atoms with Crippen LogP contribution < -0.4 is 5.32 Å². The van der Waals surface area contributed by atoms with Gasteiger partial charge in [0.25, 0.3) is 15.9 Å². The van der Waals surface area contributed by atoms with Crippen LogP contribution in [0.2, 0.25) is 10.0 Å². The number of carbonyl (C=O) groups excluding carboxylic acids is 3. The van der Waals surface area contributed by atoms with Crippen molar-refractivity contribution in [3.05, 3.63) is 63.6 Å². The fourth-order valence-electron chi connectivity index (χ4n) is 3.42. The number of rotatable bonds is 7. The second-order valence-electron chi connectivity index (χ2n) is 7.92. The van der Waals surface area contributed by atoms with Crippen LogP contribution in [0.25, 0.3) is 0 Å². The van der Waals surface area contributed by atoms with Gasteiger partial charge in [0.05, 0.1) is 15.6 Å². The zero-order valence-electron chi connectivity index (χ0n) is 18.2. The van der Waals surface area contributed by atoms with Gasteiger partial charge in [0.15, 0.2) is 0 Å². The van der Waals surface area contributed by atoms with Gasteiger partial charge in [-0.15, -0.1) is 0 Å². The molecule has 1 N–H and O–H groups in total. The summed E-state index contributed by atoms with van der Waals surface area (Å²) < 4.78 is 26.3. The van der Waals surface area contributed by atoms with Crippen LogP contribution in [0.15, 0.2) is 47.4 Å². The molecule has 0 spiro atoms. The molecule has 1 aliphatic rings. The third kappa shape index (κ3) is 5.15. The topological polar surface area (TPSA) is 104 Å². The van der Waals surface area contributed by atoms with Crippen LogP contribution in [0.3, 0.4) is 0 Å². The van der Waals surface area contributed by atoms with E-state index in [0.29, 0.717) is 14.9 Å². The Hall–Kier alpha value is -2.62. The minimum atomic E-state index is -4.18. The van der Waals surface area contributed by atoms with Gasteiger partial charge in [0, 0.05) is 12.6 Å². The van der Waals surface area contributed by atoms with Gasteiger partial charge >= 0.3 is 0 Å². The van der Waals surface area contributed by atoms with Crippen LogP contribution in [0.5, 0.6) is 0 Å². The van der Waals surface area contributed by atoms with Crippen LogP contribution in [0.4, 0.5) is 0 Å². The number of hydrogen-bond donors (Lipinski definition) is 1. The number of carbonyl (C=O) groups is 3. The van der Waals surface area contributed by atoms with Gasteiger partial charge in [0.1, 0.15) is 17.5 Å². The number of halogens is 2. The molecule has 0 saturated heterocycles. The van der Waals surface area contributed by atoms with E-state index in [9.17, 15) is 22.8 Å². The highest BCUT2D eigenvalue weighted by atomic mass is 35.5. The van der Waals surface area contributed by atoms with E-state index in [1.807, 2.05) is 0 Å². The summed E-state index contributed by atoms with van der Waals surface area (Å²) in [4.78, 5) is 39.8. The maximum Gasteiger partial charge on any atom is 0.269 e. The third-order valence-electron chi connectivity index (χ3n) is 5.13. The molecule has 176 valence electrons. The lowest BCUT2D eigenvalue weighted by Crippen LogP contribution is -2.52. The van der Waals surface area contributed by atoms with Gasteiger partial charge in [-0.2, -0.15) is 0 Å². The third-order valence-corrected chi connectivity index (χ3v) is 7.65. The minimum Gasteiger partial charge on any atom is -0.352 e. The standard InChI is InChI=1S/C22H23Cl2N3O5S/c1-13(2)25-21(29)14(3)26(11-15-8-9-17(23)18(24)10-15)20(28)12-27-22(30)16-6-4-5-7-19(16)33(27,31)32/h4-10,13-14H,11-12H2,1-3H3,(H,25,29). The van der Waals surface area contributed by atoms with E-state index in [0.717, 1.165) is 0 Å². The average molecular weight is 512 g/mol. The molecule has 1 unspecified atom stereocenters. The molecule has 0 radical (unpaired) electrons. The zero-order chi connectivity index (χ0) is 24.5. The Morgan fingerprint density at radius 2 is 1.73 bits per heavy atom. The molecule has 33 heavy (non-hydrogen) atoms. The molecule has 0 bridgehead atoms. The lowest BCUT2D eigenvalue weighted by Gasteiger charge is -2.30. The Morgan fingerprint density at radius 1 is 1.06 bits per heavy atom. The van der Waals surface area contributed by atoms with Crippen molar-refractivity contribution in [1.82, 2.24) is 14.5 Å². The lowest BCUT2D eigenvalue weighted by molar-refractivity contribution is -0.140. The number of nitrogens with zero attached hydrogens (tertiary/aromatic N) is 2. The predicted molar refractivity (Wildman–Crippen MR) is 124 cm³/mol. The first-order valence-electron chi connectivity index (χ1n) is 10.1. The predicted octanol–water partition coefficient (Wildman–Crippen LogP) is 3.08. The molecule has 0 fully saturated rings. The van der Waals surface area contributed by atoms with Crippen LogP contribution >= 0.6 is 23.2 Å². The molecule has 2 aromatic rings. The van der Waals surface area contributed by atoms with Crippen LogP contribution in [-0.2, 0) is 26.2 Å². The molecule has 11 heteroatoms. The fraction of sp³-hybridized carbons (Fsp3) is 0.318. The van der Waals surface area contributed by atoms with Crippen molar-refractivity contribution in [3.63, 3.8) is 0 Å². The highest BCUT2D eigenvalue weighted by Gasteiger charge is 2.43. The van der Waals surface area contributed by atoms with Gasteiger partial charge in [-0.05, 0) is 50.6 Å². The number of benzene rings is 2. The quantitative estimate of drug-likeness (QED) is 0.614. The van der Waals surface area contributed by atoms with E-state index < -0.39 is 40.3 Å². The number of fused-ring (bicyclic) bond motifs is 1. The SMILES string of the molecule is CC(C)NC(=O)C(C)N(Cc1ccc(Cl)c(Cl)c1)C(=O)CN1C(=O)c2ccccc2S1(=O)=O. The number of amides is 3. The van der Waals surface area contributed by atoms with Crippen LogP contribution in [-0.4, -0.2) is 54.0 Å². The van der Waals surface area contributed by atoms with Gasteiger partial charge in [-0.1, -0.05) is 41.4 Å². The van der Waals surface area contributed by atoms with E-state index in [-0.39, 0.29) is 28.1 Å². The minimum absolute atomic E-state index is 0.00642. The summed E-state index contributed by atoms with van der Waals surface area (Å²) >= 11 is 12.1. The number of sulfonamides is 1. The molecule has 0 aromatic heterocycles. The first-order chi connectivity index (χ1) is 15.4. The van der Waals surface area contributed by atoms with E-state index in [1.165, 1.54) is 30.0 Å². The van der Waals surface area contributed by atoms with E-state index in [4.69, 9.17) is 23.2 Å². The number of hydrogen-bond acceptors (Lipinski definition) is 5. The highest BCUT2D eigenvalue weighted by Crippen LogP contribution is 2.30. The zero-order valence-corrected chi connectivity index (χ0v) is 20.5. The molecular weight excluding hydrogens is 489 g/mol. The average Bonchev–Trinajstić information content (AvgIpc) is 2.94. The normalized spacial score (nSPS) is 15.3. The molecular formula is C22H23Cl2N3O5S. The summed E-state index contributed by atoms with van der Waals surface area (Å²) in [6, 6.07) is 9.42. The molecule has 8 nitrogen and oxygen atoms in total. The molecule has 3 rings (SSSR count). The largest absolute Gasteiger partial charge is 0.352 e. The Morgan fingerprint density at radius 3 is 2.33 bits per heavy atom. The maximum atomic E-state index is 13.3. The van der Waals surface area contributed by atoms with E-state index in [1.54, 1.807) is 38.1 Å². The molecule has 0 aliphatic carbocycles. The molecule has 3 amide bonds. The van der Waals surface area contributed by atoms with Crippen molar-refractivity contribution in [3.8, 4) is 0 Å². The molecule has 0 saturated carbocycles. The van der Waals surface area contributed by atoms with Crippen molar-refractivity contribution in [2.45, 2.75) is 44.3 Å². The summed E-state index contributed by atoms with van der Waals surface area (Å²) in [7, 11) is -4.18. The first kappa shape index (κ1) is 25.0. The fourth-order valence-corrected chi connectivity index (χ4v) is 5.26. The Balaban J connectivity index is 1.91. The van der Waals surface area contributed by atoms with Gasteiger partial charge in [-0.3, -0.25) is 14.4 Å². The smallest absolute Gasteiger partial charge is 0.269 e. The van der Waals surface area contributed by atoms with Crippen molar-refractivity contribution in [2.24, 2.45) is 0 Å². The highest BCUT2D eigenvalue weighted by molar-refractivity contribution is 7.90. The maximum absolute atomic E-state index is 13.3. The summed E-state index contributed by atoms with van der Waals surface area (Å²) in [5, 5.41) is 3.34. The van der Waals surface area contributed by atoms with Gasteiger partial charge < -0.3 is 10.2 Å². The summed E-state index contributed by atoms with van der Waals surface area (Å²) in [6.07, 6.45) is 0. The van der Waals surface area contributed by atoms with E-state index >= 15 is 0 Å². The Kier molecular flexibility index (Phi) is 7.36. The second kappa shape index (κ2) is 9.70. The van der Waals surface area contributed by atoms with Crippen molar-refractivity contribution >= 4 is 50.9 Å². The van der Waals surface area contributed by atoms with E-state index in [2.05, 4.69) is 5.32 Å². The van der Waals surface area contributed by atoms with Crippen LogP contribution in [0.1, 0.15) is 36.7 Å². The monoisotopic (exact) mass is 511 g/mol. The molecule has 1 heterocycles. The molecule has 1 aliphatic heterocycles. The molecule has 2 aromatic carbocycles. The lowest BCUT2D eigenvalue weighted by atomic mass is 10.1. The first-order valence-corrected chi connectivity index (χ1v) is 12.3. The van der Waals surface area contributed by atoms with Crippen molar-refractivity contribution in [2.75, 3.05) is 6.54 Å². The van der Waals surface area contributed by atoms with Crippen molar-refractivity contribution < 1.29 is 22.8 Å². The summed E-state index contributed by atoms with van der Waals surface area (Å²) in [6.45, 7) is 4.31. The van der Waals surface area contributed by atoms with Crippen LogP contribution in [0, 0.1) is 0 Å². The molecule has 1 atom stereocenters. The van der Waals surface area contributed by atoms with Crippen molar-refractivity contribution in [1.29, 1.82) is 0 Å². The Labute approximate surface area is 202 Å². The second-order valence-corrected chi connectivity index (χ2v) is 10.6. The Bertz CT molecular complexity index is 1220. The summed E-state index contributed by atoms with van der Waals surface area (Å²) in [5.74, 6) is -1.91.